The minimum Gasteiger partial charge on any atom is -0.492 e. The first-order valence-corrected chi connectivity index (χ1v) is 7.14. The Balaban J connectivity index is 2.47. The van der Waals surface area contributed by atoms with E-state index in [0.717, 1.165) is 22.5 Å². The summed E-state index contributed by atoms with van der Waals surface area (Å²) in [4.78, 5) is 0. The molecule has 1 aromatic rings. The average Bonchev–Trinajstić information content (AvgIpc) is 2.31. The maximum Gasteiger partial charge on any atom is 0.133 e. The molecule has 0 fully saturated rings. The molecule has 0 spiro atoms. The Bertz CT molecular complexity index is 341. The summed E-state index contributed by atoms with van der Waals surface area (Å²) in [5, 5.41) is 0. The summed E-state index contributed by atoms with van der Waals surface area (Å²) in [6, 6.07) is 5.67. The molecule has 0 bridgehead atoms. The maximum absolute atomic E-state index is 5.84. The predicted molar refractivity (Wildman–Crippen MR) is 77.4 cm³/mol. The minimum absolute atomic E-state index is 0.652. The second-order valence-corrected chi connectivity index (χ2v) is 5.27. The van der Waals surface area contributed by atoms with Gasteiger partial charge in [-0.25, -0.2) is 0 Å². The van der Waals surface area contributed by atoms with E-state index in [0.29, 0.717) is 5.92 Å². The minimum atomic E-state index is 0.652. The van der Waals surface area contributed by atoms with Gasteiger partial charge < -0.3 is 10.5 Å². The Hall–Kier alpha value is -0.700. The molecule has 17 heavy (non-hydrogen) atoms. The van der Waals surface area contributed by atoms with Crippen LogP contribution in [-0.2, 0) is 0 Å². The lowest BCUT2D eigenvalue weighted by atomic mass is 10.0. The highest BCUT2D eigenvalue weighted by atomic mass is 79.9. The van der Waals surface area contributed by atoms with Crippen molar-refractivity contribution in [1.82, 2.24) is 0 Å². The lowest BCUT2D eigenvalue weighted by molar-refractivity contribution is 0.232. The van der Waals surface area contributed by atoms with Crippen LogP contribution in [-0.4, -0.2) is 6.61 Å². The number of nitrogen functional groups attached to an aromatic ring is 1. The van der Waals surface area contributed by atoms with Crippen LogP contribution in [0.5, 0.6) is 5.75 Å². The number of unbranched alkanes of at least 4 members (excludes halogenated alkanes) is 1. The summed E-state index contributed by atoms with van der Waals surface area (Å²) < 4.78 is 6.77. The number of ether oxygens (including phenoxy) is 1. The molecule has 1 atom stereocenters. The molecule has 0 saturated heterocycles. The standard InChI is InChI=1S/C14H22BrNO/c1-3-5-6-11(4-2)10-17-14-8-7-12(16)9-13(14)15/h7-9,11H,3-6,10,16H2,1-2H3. The molecule has 2 nitrogen and oxygen atoms in total. The molecule has 0 aliphatic heterocycles. The first kappa shape index (κ1) is 14.4. The van der Waals surface area contributed by atoms with Crippen LogP contribution in [0, 0.1) is 5.92 Å². The van der Waals surface area contributed by atoms with Crippen molar-refractivity contribution in [3.63, 3.8) is 0 Å². The van der Waals surface area contributed by atoms with E-state index in [-0.39, 0.29) is 0 Å². The highest BCUT2D eigenvalue weighted by Gasteiger charge is 2.08. The van der Waals surface area contributed by atoms with Crippen molar-refractivity contribution in [3.8, 4) is 5.75 Å². The first-order valence-electron chi connectivity index (χ1n) is 6.35. The Labute approximate surface area is 113 Å². The maximum atomic E-state index is 5.84. The highest BCUT2D eigenvalue weighted by Crippen LogP contribution is 2.27. The molecular weight excluding hydrogens is 278 g/mol. The molecule has 1 unspecified atom stereocenters. The summed E-state index contributed by atoms with van der Waals surface area (Å²) in [5.41, 5.74) is 6.44. The van der Waals surface area contributed by atoms with Gasteiger partial charge in [-0.15, -0.1) is 0 Å². The summed E-state index contributed by atoms with van der Waals surface area (Å²) >= 11 is 3.47. The van der Waals surface area contributed by atoms with Gasteiger partial charge in [0, 0.05) is 5.69 Å². The van der Waals surface area contributed by atoms with Crippen molar-refractivity contribution >= 4 is 21.6 Å². The van der Waals surface area contributed by atoms with Crippen LogP contribution in [0.4, 0.5) is 5.69 Å². The Morgan fingerprint density at radius 2 is 2.12 bits per heavy atom. The van der Waals surface area contributed by atoms with Gasteiger partial charge in [0.15, 0.2) is 0 Å². The van der Waals surface area contributed by atoms with E-state index in [1.54, 1.807) is 0 Å². The molecule has 0 heterocycles. The zero-order valence-corrected chi connectivity index (χ0v) is 12.3. The molecule has 0 saturated carbocycles. The Kier molecular flexibility index (Phi) is 6.41. The smallest absolute Gasteiger partial charge is 0.133 e. The summed E-state index contributed by atoms with van der Waals surface area (Å²) in [7, 11) is 0. The molecule has 3 heteroatoms. The van der Waals surface area contributed by atoms with Crippen LogP contribution in [0.1, 0.15) is 39.5 Å². The van der Waals surface area contributed by atoms with E-state index in [1.165, 1.54) is 25.7 Å². The molecule has 96 valence electrons. The normalized spacial score (nSPS) is 12.4. The number of nitrogens with two attached hydrogens (primary N) is 1. The van der Waals surface area contributed by atoms with Crippen molar-refractivity contribution in [1.29, 1.82) is 0 Å². The van der Waals surface area contributed by atoms with Crippen molar-refractivity contribution in [2.24, 2.45) is 5.92 Å². The predicted octanol–water partition coefficient (Wildman–Crippen LogP) is 4.63. The van der Waals surface area contributed by atoms with Crippen molar-refractivity contribution in [2.45, 2.75) is 39.5 Å². The van der Waals surface area contributed by atoms with Crippen molar-refractivity contribution in [2.75, 3.05) is 12.3 Å². The van der Waals surface area contributed by atoms with Crippen molar-refractivity contribution < 1.29 is 4.74 Å². The topological polar surface area (TPSA) is 35.2 Å². The Morgan fingerprint density at radius 3 is 2.71 bits per heavy atom. The van der Waals surface area contributed by atoms with Gasteiger partial charge in [0.1, 0.15) is 5.75 Å². The van der Waals surface area contributed by atoms with Gasteiger partial charge in [0.25, 0.3) is 0 Å². The van der Waals surface area contributed by atoms with Gasteiger partial charge in [-0.05, 0) is 46.5 Å². The van der Waals surface area contributed by atoms with Crippen LogP contribution in [0.15, 0.2) is 22.7 Å². The molecular formula is C14H22BrNO. The van der Waals surface area contributed by atoms with E-state index in [4.69, 9.17) is 10.5 Å². The second-order valence-electron chi connectivity index (χ2n) is 4.42. The monoisotopic (exact) mass is 299 g/mol. The summed E-state index contributed by atoms with van der Waals surface area (Å²) in [6.07, 6.45) is 4.96. The molecule has 2 N–H and O–H groups in total. The van der Waals surface area contributed by atoms with Crippen molar-refractivity contribution in [3.05, 3.63) is 22.7 Å². The largest absolute Gasteiger partial charge is 0.492 e. The number of hydrogen-bond acceptors (Lipinski definition) is 2. The number of halogens is 1. The number of hydrogen-bond donors (Lipinski definition) is 1. The molecule has 0 aromatic heterocycles. The summed E-state index contributed by atoms with van der Waals surface area (Å²) in [6.45, 7) is 5.24. The van der Waals surface area contributed by atoms with Gasteiger partial charge in [0.2, 0.25) is 0 Å². The molecule has 1 rings (SSSR count). The van der Waals surface area contributed by atoms with E-state index < -0.39 is 0 Å². The quantitative estimate of drug-likeness (QED) is 0.745. The molecule has 0 amide bonds. The average molecular weight is 300 g/mol. The lowest BCUT2D eigenvalue weighted by Crippen LogP contribution is -2.11. The molecule has 1 aromatic carbocycles. The van der Waals surface area contributed by atoms with E-state index in [2.05, 4.69) is 29.8 Å². The number of benzene rings is 1. The third-order valence-corrected chi connectivity index (χ3v) is 3.59. The molecule has 0 aliphatic rings. The van der Waals surface area contributed by atoms with Gasteiger partial charge in [-0.1, -0.05) is 33.1 Å². The molecule has 0 aliphatic carbocycles. The van der Waals surface area contributed by atoms with Crippen LogP contribution in [0.3, 0.4) is 0 Å². The SMILES string of the molecule is CCCCC(CC)COc1ccc(N)cc1Br. The van der Waals surface area contributed by atoms with Crippen LogP contribution in [0.25, 0.3) is 0 Å². The molecule has 0 radical (unpaired) electrons. The fourth-order valence-electron chi connectivity index (χ4n) is 1.74. The number of rotatable bonds is 7. The van der Waals surface area contributed by atoms with E-state index in [1.807, 2.05) is 18.2 Å². The Morgan fingerprint density at radius 1 is 1.35 bits per heavy atom. The number of anilines is 1. The van der Waals surface area contributed by atoms with Crippen LogP contribution >= 0.6 is 15.9 Å². The first-order chi connectivity index (χ1) is 8.17. The van der Waals surface area contributed by atoms with Crippen LogP contribution in [0.2, 0.25) is 0 Å². The third-order valence-electron chi connectivity index (χ3n) is 2.97. The summed E-state index contributed by atoms with van der Waals surface area (Å²) in [5.74, 6) is 1.54. The van der Waals surface area contributed by atoms with Crippen LogP contribution < -0.4 is 10.5 Å². The van der Waals surface area contributed by atoms with E-state index in [9.17, 15) is 0 Å². The zero-order valence-electron chi connectivity index (χ0n) is 10.7. The fraction of sp³-hybridized carbons (Fsp3) is 0.571. The second kappa shape index (κ2) is 7.59. The van der Waals surface area contributed by atoms with Gasteiger partial charge in [0.05, 0.1) is 11.1 Å². The fourth-order valence-corrected chi connectivity index (χ4v) is 2.25. The highest BCUT2D eigenvalue weighted by molar-refractivity contribution is 9.10. The van der Waals surface area contributed by atoms with Gasteiger partial charge in [-0.3, -0.25) is 0 Å². The third kappa shape index (κ3) is 4.99. The van der Waals surface area contributed by atoms with Gasteiger partial charge in [-0.2, -0.15) is 0 Å². The van der Waals surface area contributed by atoms with E-state index >= 15 is 0 Å². The van der Waals surface area contributed by atoms with Gasteiger partial charge >= 0.3 is 0 Å². The zero-order chi connectivity index (χ0) is 12.7. The lowest BCUT2D eigenvalue weighted by Gasteiger charge is -2.16.